The molecule has 0 spiro atoms. The smallest absolute Gasteiger partial charge is 0.167 e. The Bertz CT molecular complexity index is 901. The largest absolute Gasteiger partial charge is 0.378 e. The average Bonchev–Trinajstić information content (AvgIpc) is 2.73. The summed E-state index contributed by atoms with van der Waals surface area (Å²) in [6.07, 6.45) is 1.99. The molecule has 29 heavy (non-hydrogen) atoms. The molecule has 1 aromatic heterocycles. The summed E-state index contributed by atoms with van der Waals surface area (Å²) in [6.45, 7) is 7.91. The van der Waals surface area contributed by atoms with E-state index in [0.29, 0.717) is 0 Å². The molecule has 152 valence electrons. The Kier molecular flexibility index (Phi) is 5.52. The fraction of sp³-hybridized carbons (Fsp3) is 0.417. The van der Waals surface area contributed by atoms with Gasteiger partial charge in [-0.2, -0.15) is 0 Å². The number of likely N-dealkylation sites (N-methyl/N-ethyl adjacent to an activating group) is 1. The van der Waals surface area contributed by atoms with Crippen molar-refractivity contribution in [1.82, 2.24) is 9.88 Å². The number of Topliss-reactive ketones (excluding diaryl/α,β-unsaturated/α-hetero) is 1. The van der Waals surface area contributed by atoms with Gasteiger partial charge in [0.2, 0.25) is 0 Å². The number of anilines is 1. The van der Waals surface area contributed by atoms with Crippen LogP contribution in [0, 0.1) is 5.41 Å². The lowest BCUT2D eigenvalue weighted by Crippen LogP contribution is -2.47. The third-order valence-corrected chi connectivity index (χ3v) is 5.77. The Hall–Kier alpha value is -2.50. The predicted octanol–water partition coefficient (Wildman–Crippen LogP) is 3.58. The van der Waals surface area contributed by atoms with Crippen molar-refractivity contribution in [1.29, 1.82) is 0 Å². The van der Waals surface area contributed by atoms with Crippen LogP contribution in [0.2, 0.25) is 0 Å². The quantitative estimate of drug-likeness (QED) is 0.749. The Balaban J connectivity index is 1.74. The number of ether oxygens (including phenoxy) is 1. The van der Waals surface area contributed by atoms with Gasteiger partial charge in [0.15, 0.2) is 5.78 Å². The lowest BCUT2D eigenvalue weighted by Gasteiger charge is -2.42. The molecule has 2 fully saturated rings. The number of benzene rings is 1. The van der Waals surface area contributed by atoms with Crippen molar-refractivity contribution in [3.63, 3.8) is 0 Å². The van der Waals surface area contributed by atoms with Gasteiger partial charge in [-0.05, 0) is 30.8 Å². The summed E-state index contributed by atoms with van der Waals surface area (Å²) in [5.41, 5.74) is 2.34. The summed E-state index contributed by atoms with van der Waals surface area (Å²) < 4.78 is 5.45. The van der Waals surface area contributed by atoms with E-state index >= 15 is 0 Å². The van der Waals surface area contributed by atoms with E-state index in [0.717, 1.165) is 55.5 Å². The van der Waals surface area contributed by atoms with Crippen molar-refractivity contribution in [2.45, 2.75) is 19.9 Å². The molecule has 0 amide bonds. The lowest BCUT2D eigenvalue weighted by molar-refractivity contribution is -0.127. The average molecular weight is 392 g/mol. The van der Waals surface area contributed by atoms with Gasteiger partial charge < -0.3 is 9.64 Å². The Morgan fingerprint density at radius 2 is 1.79 bits per heavy atom. The highest BCUT2D eigenvalue weighted by molar-refractivity contribution is 6.05. The molecule has 0 radical (unpaired) electrons. The molecule has 0 N–H and O–H groups in total. The maximum atomic E-state index is 13.4. The summed E-state index contributed by atoms with van der Waals surface area (Å²) in [5.74, 6) is 1.14. The molecule has 2 aliphatic rings. The second-order valence-corrected chi connectivity index (χ2v) is 8.56. The Morgan fingerprint density at radius 1 is 1.07 bits per heavy atom. The SMILES string of the molecule is CN1CC(C)(C)C(=O)/C(=C\c2cccc(N3CCOCC3)n2)C1c1ccccc1. The number of morpholine rings is 1. The second kappa shape index (κ2) is 8.09. The molecule has 1 unspecified atom stereocenters. The molecule has 3 heterocycles. The molecule has 2 saturated heterocycles. The van der Waals surface area contributed by atoms with Crippen LogP contribution in [0.15, 0.2) is 54.1 Å². The summed E-state index contributed by atoms with van der Waals surface area (Å²) in [4.78, 5) is 22.8. The van der Waals surface area contributed by atoms with Gasteiger partial charge >= 0.3 is 0 Å². The first-order valence-electron chi connectivity index (χ1n) is 10.3. The zero-order valence-corrected chi connectivity index (χ0v) is 17.5. The van der Waals surface area contributed by atoms with Crippen LogP contribution in [0.4, 0.5) is 5.82 Å². The molecule has 1 atom stereocenters. The van der Waals surface area contributed by atoms with Crippen LogP contribution in [-0.2, 0) is 9.53 Å². The van der Waals surface area contributed by atoms with Crippen molar-refractivity contribution >= 4 is 17.7 Å². The fourth-order valence-electron chi connectivity index (χ4n) is 4.40. The normalized spacial score (nSPS) is 24.1. The van der Waals surface area contributed by atoms with E-state index in [2.05, 4.69) is 29.0 Å². The van der Waals surface area contributed by atoms with Gasteiger partial charge in [0, 0.05) is 30.6 Å². The topological polar surface area (TPSA) is 45.7 Å². The molecule has 5 heteroatoms. The highest BCUT2D eigenvalue weighted by Crippen LogP contribution is 2.40. The summed E-state index contributed by atoms with van der Waals surface area (Å²) >= 11 is 0. The number of carbonyl (C=O) groups excluding carboxylic acids is 1. The minimum atomic E-state index is -0.423. The summed E-state index contributed by atoms with van der Waals surface area (Å²) in [6, 6.07) is 16.2. The van der Waals surface area contributed by atoms with Crippen molar-refractivity contribution in [2.75, 3.05) is 44.8 Å². The molecule has 0 aliphatic carbocycles. The number of piperidine rings is 1. The molecule has 2 aliphatic heterocycles. The van der Waals surface area contributed by atoms with Gasteiger partial charge in [-0.1, -0.05) is 50.2 Å². The molecular formula is C24H29N3O2. The van der Waals surface area contributed by atoms with E-state index in [9.17, 15) is 4.79 Å². The molecule has 0 bridgehead atoms. The Labute approximate surface area is 173 Å². The molecule has 4 rings (SSSR count). The lowest BCUT2D eigenvalue weighted by atomic mass is 9.75. The highest BCUT2D eigenvalue weighted by Gasteiger charge is 2.42. The Morgan fingerprint density at radius 3 is 2.52 bits per heavy atom. The van der Waals surface area contributed by atoms with Crippen LogP contribution in [0.25, 0.3) is 6.08 Å². The van der Waals surface area contributed by atoms with Crippen LogP contribution in [-0.4, -0.2) is 55.6 Å². The van der Waals surface area contributed by atoms with E-state index in [1.54, 1.807) is 0 Å². The van der Waals surface area contributed by atoms with Crippen molar-refractivity contribution in [3.05, 3.63) is 65.4 Å². The number of hydrogen-bond donors (Lipinski definition) is 0. The van der Waals surface area contributed by atoms with Gasteiger partial charge in [0.05, 0.1) is 24.9 Å². The third-order valence-electron chi connectivity index (χ3n) is 5.77. The molecule has 5 nitrogen and oxygen atoms in total. The van der Waals surface area contributed by atoms with Gasteiger partial charge in [-0.25, -0.2) is 4.98 Å². The van der Waals surface area contributed by atoms with Gasteiger partial charge in [0.1, 0.15) is 5.82 Å². The fourth-order valence-corrected chi connectivity index (χ4v) is 4.40. The zero-order chi connectivity index (χ0) is 20.4. The molecule has 1 aromatic carbocycles. The first kappa shape index (κ1) is 19.8. The van der Waals surface area contributed by atoms with Gasteiger partial charge in [-0.3, -0.25) is 9.69 Å². The number of aromatic nitrogens is 1. The maximum absolute atomic E-state index is 13.4. The van der Waals surface area contributed by atoms with Crippen LogP contribution in [0.3, 0.4) is 0 Å². The number of carbonyl (C=O) groups is 1. The van der Waals surface area contributed by atoms with Crippen molar-refractivity contribution in [3.8, 4) is 0 Å². The van der Waals surface area contributed by atoms with E-state index in [-0.39, 0.29) is 11.8 Å². The van der Waals surface area contributed by atoms with Gasteiger partial charge in [0.25, 0.3) is 0 Å². The zero-order valence-electron chi connectivity index (χ0n) is 17.5. The molecule has 0 saturated carbocycles. The monoisotopic (exact) mass is 391 g/mol. The van der Waals surface area contributed by atoms with Gasteiger partial charge in [-0.15, -0.1) is 0 Å². The van der Waals surface area contributed by atoms with E-state index < -0.39 is 5.41 Å². The number of nitrogens with zero attached hydrogens (tertiary/aromatic N) is 3. The summed E-state index contributed by atoms with van der Waals surface area (Å²) in [7, 11) is 2.09. The van der Waals surface area contributed by atoms with Crippen LogP contribution >= 0.6 is 0 Å². The minimum Gasteiger partial charge on any atom is -0.378 e. The number of pyridine rings is 1. The van der Waals surface area contributed by atoms with Crippen molar-refractivity contribution < 1.29 is 9.53 Å². The first-order chi connectivity index (χ1) is 14.0. The van der Waals surface area contributed by atoms with Crippen LogP contribution < -0.4 is 4.90 Å². The number of ketones is 1. The van der Waals surface area contributed by atoms with E-state index in [1.807, 2.05) is 56.3 Å². The van der Waals surface area contributed by atoms with Crippen LogP contribution in [0.1, 0.15) is 31.1 Å². The first-order valence-corrected chi connectivity index (χ1v) is 10.3. The molecular weight excluding hydrogens is 362 g/mol. The number of likely N-dealkylation sites (tertiary alicyclic amines) is 1. The summed E-state index contributed by atoms with van der Waals surface area (Å²) in [5, 5.41) is 0. The van der Waals surface area contributed by atoms with E-state index in [1.165, 1.54) is 0 Å². The number of hydrogen-bond acceptors (Lipinski definition) is 5. The van der Waals surface area contributed by atoms with Crippen LogP contribution in [0.5, 0.6) is 0 Å². The standard InChI is InChI=1S/C24H29N3O2/c1-24(2)17-26(3)22(18-8-5-4-6-9-18)20(23(24)28)16-19-10-7-11-21(25-19)27-12-14-29-15-13-27/h4-11,16,22H,12-15,17H2,1-3H3/b20-16-. The highest BCUT2D eigenvalue weighted by atomic mass is 16.5. The minimum absolute atomic E-state index is 0.0643. The third kappa shape index (κ3) is 4.11. The second-order valence-electron chi connectivity index (χ2n) is 8.56. The van der Waals surface area contributed by atoms with E-state index in [4.69, 9.17) is 9.72 Å². The maximum Gasteiger partial charge on any atom is 0.167 e. The number of rotatable bonds is 3. The van der Waals surface area contributed by atoms with Crippen molar-refractivity contribution in [2.24, 2.45) is 5.41 Å². The molecule has 2 aromatic rings. The predicted molar refractivity (Wildman–Crippen MR) is 116 cm³/mol.